The van der Waals surface area contributed by atoms with Crippen LogP contribution in [0.3, 0.4) is 0 Å². The monoisotopic (exact) mass is 380 g/mol. The van der Waals surface area contributed by atoms with E-state index < -0.39 is 0 Å². The molecular weight excluding hydrogens is 352 g/mol. The van der Waals surface area contributed by atoms with Crippen molar-refractivity contribution in [2.45, 2.75) is 39.3 Å². The summed E-state index contributed by atoms with van der Waals surface area (Å²) in [6, 6.07) is 7.91. The molecule has 1 amide bonds. The Morgan fingerprint density at radius 1 is 1.42 bits per heavy atom. The Balaban J connectivity index is 1.73. The van der Waals surface area contributed by atoms with Gasteiger partial charge in [0.05, 0.1) is 19.8 Å². The summed E-state index contributed by atoms with van der Waals surface area (Å²) in [7, 11) is 0. The number of carbonyl (C=O) groups excluding carboxylic acids is 1. The Kier molecular flexibility index (Phi) is 8.71. The predicted molar refractivity (Wildman–Crippen MR) is 105 cm³/mol. The van der Waals surface area contributed by atoms with Gasteiger partial charge >= 0.3 is 0 Å². The second-order valence-electron chi connectivity index (χ2n) is 6.27. The zero-order chi connectivity index (χ0) is 18.8. The zero-order valence-electron chi connectivity index (χ0n) is 15.6. The molecule has 0 bridgehead atoms. The Labute approximate surface area is 161 Å². The molecular formula is C19H29ClN4O2. The fourth-order valence-electron chi connectivity index (χ4n) is 2.88. The number of guanidine groups is 1. The molecule has 0 spiro atoms. The first kappa shape index (κ1) is 20.5. The minimum Gasteiger partial charge on any atom is -0.375 e. The number of halogens is 1. The van der Waals surface area contributed by atoms with Gasteiger partial charge in [-0.2, -0.15) is 0 Å². The van der Waals surface area contributed by atoms with Crippen molar-refractivity contribution in [3.05, 3.63) is 34.9 Å². The van der Waals surface area contributed by atoms with Crippen molar-refractivity contribution in [2.75, 3.05) is 32.8 Å². The highest BCUT2D eigenvalue weighted by Gasteiger charge is 2.25. The van der Waals surface area contributed by atoms with Crippen molar-refractivity contribution >= 4 is 23.5 Å². The quantitative estimate of drug-likeness (QED) is 0.413. The van der Waals surface area contributed by atoms with E-state index >= 15 is 0 Å². The van der Waals surface area contributed by atoms with Gasteiger partial charge in [-0.05, 0) is 31.0 Å². The molecule has 2 N–H and O–H groups in total. The summed E-state index contributed by atoms with van der Waals surface area (Å²) in [4.78, 5) is 18.2. The smallest absolute Gasteiger partial charge is 0.222 e. The molecule has 1 fully saturated rings. The average Bonchev–Trinajstić information content (AvgIpc) is 3.09. The number of hydrogen-bond acceptors (Lipinski definition) is 3. The maximum absolute atomic E-state index is 11.8. The number of rotatable bonds is 8. The molecule has 1 aliphatic heterocycles. The predicted octanol–water partition coefficient (Wildman–Crippen LogP) is 2.42. The average molecular weight is 381 g/mol. The van der Waals surface area contributed by atoms with E-state index in [1.165, 1.54) is 0 Å². The van der Waals surface area contributed by atoms with Crippen LogP contribution in [0, 0.1) is 0 Å². The molecule has 7 heteroatoms. The minimum absolute atomic E-state index is 0.214. The van der Waals surface area contributed by atoms with E-state index in [0.717, 1.165) is 42.6 Å². The number of nitrogens with zero attached hydrogens (tertiary/aromatic N) is 2. The van der Waals surface area contributed by atoms with Crippen LogP contribution in [0.1, 0.15) is 32.3 Å². The van der Waals surface area contributed by atoms with E-state index in [-0.39, 0.29) is 11.9 Å². The first-order valence-corrected chi connectivity index (χ1v) is 9.65. The molecule has 0 radical (unpaired) electrons. The van der Waals surface area contributed by atoms with Gasteiger partial charge in [0.15, 0.2) is 5.96 Å². The molecule has 1 heterocycles. The molecule has 1 atom stereocenters. The molecule has 1 saturated heterocycles. The number of likely N-dealkylation sites (tertiary alicyclic amines) is 1. The summed E-state index contributed by atoms with van der Waals surface area (Å²) in [5.74, 6) is 0.986. The lowest BCUT2D eigenvalue weighted by Crippen LogP contribution is -2.45. The fourth-order valence-corrected chi connectivity index (χ4v) is 3.09. The summed E-state index contributed by atoms with van der Waals surface area (Å²) in [5, 5.41) is 7.38. The van der Waals surface area contributed by atoms with Crippen LogP contribution in [-0.4, -0.2) is 55.6 Å². The van der Waals surface area contributed by atoms with Crippen molar-refractivity contribution in [3.63, 3.8) is 0 Å². The molecule has 0 aromatic heterocycles. The Morgan fingerprint density at radius 2 is 2.27 bits per heavy atom. The lowest BCUT2D eigenvalue weighted by atomic mass is 10.2. The molecule has 0 aliphatic carbocycles. The third kappa shape index (κ3) is 6.84. The first-order valence-electron chi connectivity index (χ1n) is 9.27. The number of benzene rings is 1. The van der Waals surface area contributed by atoms with E-state index in [1.807, 2.05) is 43.0 Å². The molecule has 26 heavy (non-hydrogen) atoms. The van der Waals surface area contributed by atoms with Gasteiger partial charge in [0.1, 0.15) is 0 Å². The van der Waals surface area contributed by atoms with E-state index in [9.17, 15) is 4.79 Å². The largest absolute Gasteiger partial charge is 0.375 e. The van der Waals surface area contributed by atoms with Gasteiger partial charge in [-0.15, -0.1) is 0 Å². The molecule has 2 rings (SSSR count). The van der Waals surface area contributed by atoms with Gasteiger partial charge in [-0.3, -0.25) is 9.79 Å². The van der Waals surface area contributed by atoms with Crippen LogP contribution in [0.25, 0.3) is 0 Å². The van der Waals surface area contributed by atoms with E-state index in [0.29, 0.717) is 26.2 Å². The highest BCUT2D eigenvalue weighted by Crippen LogP contribution is 2.11. The van der Waals surface area contributed by atoms with Crippen molar-refractivity contribution < 1.29 is 9.53 Å². The van der Waals surface area contributed by atoms with Crippen LogP contribution in [0.4, 0.5) is 0 Å². The number of hydrogen-bond donors (Lipinski definition) is 2. The number of ether oxygens (including phenoxy) is 1. The molecule has 0 saturated carbocycles. The second-order valence-corrected chi connectivity index (χ2v) is 6.70. The van der Waals surface area contributed by atoms with Gasteiger partial charge < -0.3 is 20.3 Å². The third-order valence-electron chi connectivity index (χ3n) is 4.19. The highest BCUT2D eigenvalue weighted by atomic mass is 35.5. The maximum atomic E-state index is 11.8. The first-order chi connectivity index (χ1) is 12.6. The molecule has 6 nitrogen and oxygen atoms in total. The van der Waals surface area contributed by atoms with E-state index in [1.54, 1.807) is 0 Å². The Morgan fingerprint density at radius 3 is 3.00 bits per heavy atom. The Bertz CT molecular complexity index is 609. The van der Waals surface area contributed by atoms with Gasteiger partial charge in [0.25, 0.3) is 0 Å². The normalized spacial score (nSPS) is 17.4. The summed E-state index contributed by atoms with van der Waals surface area (Å²) in [6.45, 7) is 7.91. The molecule has 144 valence electrons. The zero-order valence-corrected chi connectivity index (χ0v) is 16.4. The van der Waals surface area contributed by atoms with Crippen LogP contribution in [0.2, 0.25) is 5.02 Å². The highest BCUT2D eigenvalue weighted by molar-refractivity contribution is 6.30. The van der Waals surface area contributed by atoms with Crippen molar-refractivity contribution in [1.82, 2.24) is 15.5 Å². The van der Waals surface area contributed by atoms with Crippen molar-refractivity contribution in [1.29, 1.82) is 0 Å². The van der Waals surface area contributed by atoms with Crippen molar-refractivity contribution in [3.8, 4) is 0 Å². The SMILES string of the molecule is CCNC(=NCCOCc1cccc(Cl)c1)NC1CCN(C(=O)CC)C1. The van der Waals surface area contributed by atoms with Crippen LogP contribution in [0.15, 0.2) is 29.3 Å². The minimum atomic E-state index is 0.214. The van der Waals surface area contributed by atoms with Crippen LogP contribution in [0.5, 0.6) is 0 Å². The van der Waals surface area contributed by atoms with Crippen LogP contribution < -0.4 is 10.6 Å². The van der Waals surface area contributed by atoms with Gasteiger partial charge in [0.2, 0.25) is 5.91 Å². The van der Waals surface area contributed by atoms with Crippen LogP contribution in [-0.2, 0) is 16.1 Å². The number of aliphatic imine (C=N–C) groups is 1. The topological polar surface area (TPSA) is 66.0 Å². The summed E-state index contributed by atoms with van der Waals surface area (Å²) < 4.78 is 5.66. The van der Waals surface area contributed by atoms with Crippen molar-refractivity contribution in [2.24, 2.45) is 4.99 Å². The summed E-state index contributed by atoms with van der Waals surface area (Å²) in [6.07, 6.45) is 1.51. The standard InChI is InChI=1S/C19H29ClN4O2/c1-3-18(25)24-10-8-17(13-24)23-19(21-4-2)22-9-11-26-14-15-6-5-7-16(20)12-15/h5-7,12,17H,3-4,8-11,13-14H2,1-2H3,(H2,21,22,23). The maximum Gasteiger partial charge on any atom is 0.222 e. The second kappa shape index (κ2) is 11.0. The van der Waals surface area contributed by atoms with Crippen LogP contribution >= 0.6 is 11.6 Å². The molecule has 1 aromatic rings. The number of nitrogens with one attached hydrogen (secondary N) is 2. The van der Waals surface area contributed by atoms with Gasteiger partial charge in [-0.1, -0.05) is 30.7 Å². The van der Waals surface area contributed by atoms with E-state index in [2.05, 4.69) is 15.6 Å². The summed E-state index contributed by atoms with van der Waals surface area (Å²) >= 11 is 5.96. The molecule has 1 aliphatic rings. The number of carbonyl (C=O) groups is 1. The van der Waals surface area contributed by atoms with Gasteiger partial charge in [0, 0.05) is 37.1 Å². The summed E-state index contributed by atoms with van der Waals surface area (Å²) in [5.41, 5.74) is 1.05. The van der Waals surface area contributed by atoms with E-state index in [4.69, 9.17) is 16.3 Å². The van der Waals surface area contributed by atoms with Gasteiger partial charge in [-0.25, -0.2) is 0 Å². The fraction of sp³-hybridized carbons (Fsp3) is 0.579. The molecule has 1 unspecified atom stereocenters. The molecule has 1 aromatic carbocycles. The number of amides is 1. The Hall–Kier alpha value is -1.79. The lowest BCUT2D eigenvalue weighted by Gasteiger charge is -2.18. The lowest BCUT2D eigenvalue weighted by molar-refractivity contribution is -0.129. The third-order valence-corrected chi connectivity index (χ3v) is 4.43.